The zero-order chi connectivity index (χ0) is 19.9. The molecule has 0 fully saturated rings. The summed E-state index contributed by atoms with van der Waals surface area (Å²) in [7, 11) is 0. The van der Waals surface area contributed by atoms with Gasteiger partial charge < -0.3 is 15.0 Å². The molecule has 0 spiro atoms. The van der Waals surface area contributed by atoms with Crippen molar-refractivity contribution in [1.29, 1.82) is 0 Å². The van der Waals surface area contributed by atoms with E-state index in [1.54, 1.807) is 0 Å². The van der Waals surface area contributed by atoms with Gasteiger partial charge in [0.25, 0.3) is 0 Å². The van der Waals surface area contributed by atoms with Crippen molar-refractivity contribution in [1.82, 2.24) is 20.8 Å². The molecule has 0 unspecified atom stereocenters. The summed E-state index contributed by atoms with van der Waals surface area (Å²) in [5.74, 6) is -0.125. The van der Waals surface area contributed by atoms with Crippen LogP contribution in [-0.2, 0) is 4.79 Å². The molecule has 1 amide bonds. The highest BCUT2D eigenvalue weighted by molar-refractivity contribution is 7.99. The summed E-state index contributed by atoms with van der Waals surface area (Å²) in [5, 5.41) is 3.59. The molecule has 1 heterocycles. The molecule has 7 nitrogen and oxygen atoms in total. The Labute approximate surface area is 168 Å². The van der Waals surface area contributed by atoms with Crippen LogP contribution in [0.15, 0.2) is 53.7 Å². The van der Waals surface area contributed by atoms with Gasteiger partial charge in [0.2, 0.25) is 5.91 Å². The monoisotopic (exact) mass is 423 g/mol. The molecular weight excluding hydrogens is 408 g/mol. The lowest BCUT2D eigenvalue weighted by molar-refractivity contribution is -0.119. The second kappa shape index (κ2) is 9.33. The van der Waals surface area contributed by atoms with Gasteiger partial charge in [-0.2, -0.15) is 8.78 Å². The number of nitrogens with one attached hydrogen (secondary N) is 4. The number of fused-ring (bicyclic) bond motifs is 1. The quantitative estimate of drug-likeness (QED) is 0.275. The second-order valence-corrected chi connectivity index (χ2v) is 6.75. The van der Waals surface area contributed by atoms with Gasteiger partial charge in [-0.15, -0.1) is 0 Å². The average Bonchev–Trinajstić information content (AvgIpc) is 3.09. The molecule has 28 heavy (non-hydrogen) atoms. The number of rotatable bonds is 6. The molecule has 146 valence electrons. The number of thioether (sulfide) groups is 1. The Morgan fingerprint density at radius 3 is 2.64 bits per heavy atom. The summed E-state index contributed by atoms with van der Waals surface area (Å²) in [6.45, 7) is -2.88. The first-order valence-corrected chi connectivity index (χ1v) is 9.37. The maximum Gasteiger partial charge on any atom is 0.387 e. The third-order valence-corrected chi connectivity index (χ3v) is 4.44. The largest absolute Gasteiger partial charge is 0.435 e. The highest BCUT2D eigenvalue weighted by atomic mass is 32.2. The molecule has 0 bridgehead atoms. The third kappa shape index (κ3) is 5.79. The first-order valence-electron chi connectivity index (χ1n) is 7.98. The molecule has 0 aliphatic rings. The Morgan fingerprint density at radius 1 is 1.18 bits per heavy atom. The van der Waals surface area contributed by atoms with Gasteiger partial charge in [-0.3, -0.25) is 15.6 Å². The number of halogens is 2. The van der Waals surface area contributed by atoms with Crippen molar-refractivity contribution in [2.75, 3.05) is 11.1 Å². The van der Waals surface area contributed by atoms with Crippen LogP contribution < -0.4 is 20.9 Å². The van der Waals surface area contributed by atoms with E-state index in [1.807, 2.05) is 24.3 Å². The van der Waals surface area contributed by atoms with Crippen LogP contribution in [0.4, 0.5) is 14.5 Å². The summed E-state index contributed by atoms with van der Waals surface area (Å²) in [4.78, 5) is 19.4. The number of carbonyl (C=O) groups is 1. The summed E-state index contributed by atoms with van der Waals surface area (Å²) in [5.41, 5.74) is 7.31. The van der Waals surface area contributed by atoms with Crippen LogP contribution in [-0.4, -0.2) is 33.4 Å². The predicted molar refractivity (Wildman–Crippen MR) is 107 cm³/mol. The third-order valence-electron chi connectivity index (χ3n) is 3.36. The number of thiocarbonyl (C=S) groups is 1. The van der Waals surface area contributed by atoms with Crippen molar-refractivity contribution in [2.45, 2.75) is 11.8 Å². The van der Waals surface area contributed by atoms with Gasteiger partial charge in [-0.25, -0.2) is 4.98 Å². The molecule has 11 heteroatoms. The maximum atomic E-state index is 12.1. The lowest BCUT2D eigenvalue weighted by Gasteiger charge is -2.12. The number of carbonyl (C=O) groups excluding carboxylic acids is 1. The standard InChI is InChI=1S/C17H15F2N5O2S2/c18-15(19)26-11-7-5-10(6-8-11)20-16(27)24-23-14(25)9-28-17-21-12-3-1-2-4-13(12)22-17/h1-8,15H,9H2,(H,21,22)(H,23,25)(H2,20,24,27). The number of amides is 1. The van der Waals surface area contributed by atoms with Gasteiger partial charge in [-0.1, -0.05) is 23.9 Å². The lowest BCUT2D eigenvalue weighted by atomic mass is 10.3. The van der Waals surface area contributed by atoms with E-state index in [0.717, 1.165) is 11.0 Å². The van der Waals surface area contributed by atoms with Crippen molar-refractivity contribution in [3.8, 4) is 5.75 Å². The minimum Gasteiger partial charge on any atom is -0.435 e. The highest BCUT2D eigenvalue weighted by Crippen LogP contribution is 2.19. The number of H-pyrrole nitrogens is 1. The molecule has 3 rings (SSSR count). The molecular formula is C17H15F2N5O2S2. The topological polar surface area (TPSA) is 91.1 Å². The van der Waals surface area contributed by atoms with E-state index in [1.165, 1.54) is 36.0 Å². The summed E-state index contributed by atoms with van der Waals surface area (Å²) in [6, 6.07) is 13.4. The number of aromatic nitrogens is 2. The molecule has 0 aliphatic carbocycles. The summed E-state index contributed by atoms with van der Waals surface area (Å²) < 4.78 is 28.5. The SMILES string of the molecule is O=C(CSc1nc2ccccc2[nH]1)NNC(=S)Nc1ccc(OC(F)F)cc1. The fourth-order valence-electron chi connectivity index (χ4n) is 2.18. The first-order chi connectivity index (χ1) is 13.5. The lowest BCUT2D eigenvalue weighted by Crippen LogP contribution is -2.44. The Balaban J connectivity index is 1.40. The van der Waals surface area contributed by atoms with E-state index in [4.69, 9.17) is 12.2 Å². The molecule has 3 aromatic rings. The Kier molecular flexibility index (Phi) is 6.61. The minimum absolute atomic E-state index is 0.0374. The Hall–Kier alpha value is -2.92. The van der Waals surface area contributed by atoms with Crippen molar-refractivity contribution in [3.63, 3.8) is 0 Å². The van der Waals surface area contributed by atoms with E-state index >= 15 is 0 Å². The molecule has 0 aliphatic heterocycles. The number of hydrogen-bond acceptors (Lipinski definition) is 5. The number of ether oxygens (including phenoxy) is 1. The fourth-order valence-corrected chi connectivity index (χ4v) is 3.03. The molecule has 4 N–H and O–H groups in total. The second-order valence-electron chi connectivity index (χ2n) is 5.38. The van der Waals surface area contributed by atoms with Gasteiger partial charge in [-0.05, 0) is 48.6 Å². The van der Waals surface area contributed by atoms with Crippen LogP contribution in [0.2, 0.25) is 0 Å². The van der Waals surface area contributed by atoms with Gasteiger partial charge in [0.1, 0.15) is 5.75 Å². The fraction of sp³-hybridized carbons (Fsp3) is 0.118. The molecule has 0 saturated heterocycles. The van der Waals surface area contributed by atoms with Crippen LogP contribution in [0.25, 0.3) is 11.0 Å². The maximum absolute atomic E-state index is 12.1. The Bertz CT molecular complexity index is 933. The number of imidazole rings is 1. The smallest absolute Gasteiger partial charge is 0.387 e. The van der Waals surface area contributed by atoms with E-state index in [-0.39, 0.29) is 22.5 Å². The number of benzene rings is 2. The van der Waals surface area contributed by atoms with Crippen LogP contribution >= 0.6 is 24.0 Å². The van der Waals surface area contributed by atoms with E-state index in [0.29, 0.717) is 10.8 Å². The molecule has 1 aromatic heterocycles. The summed E-state index contributed by atoms with van der Waals surface area (Å²) in [6.07, 6.45) is 0. The summed E-state index contributed by atoms with van der Waals surface area (Å²) >= 11 is 6.32. The van der Waals surface area contributed by atoms with Crippen LogP contribution in [0.3, 0.4) is 0 Å². The minimum atomic E-state index is -2.88. The van der Waals surface area contributed by atoms with E-state index < -0.39 is 6.61 Å². The molecule has 0 radical (unpaired) electrons. The van der Waals surface area contributed by atoms with Gasteiger partial charge in [0.05, 0.1) is 16.8 Å². The number of anilines is 1. The van der Waals surface area contributed by atoms with Gasteiger partial charge >= 0.3 is 6.61 Å². The van der Waals surface area contributed by atoms with E-state index in [2.05, 4.69) is 30.9 Å². The predicted octanol–water partition coefficient (Wildman–Crippen LogP) is 3.27. The first kappa shape index (κ1) is 19.8. The van der Waals surface area contributed by atoms with Gasteiger partial charge in [0, 0.05) is 5.69 Å². The van der Waals surface area contributed by atoms with E-state index in [9.17, 15) is 13.6 Å². The normalized spacial score (nSPS) is 10.7. The number of para-hydroxylation sites is 2. The molecule has 2 aromatic carbocycles. The Morgan fingerprint density at radius 2 is 1.93 bits per heavy atom. The number of hydrazine groups is 1. The number of nitrogens with zero attached hydrogens (tertiary/aromatic N) is 1. The number of aromatic amines is 1. The van der Waals surface area contributed by atoms with Crippen LogP contribution in [0, 0.1) is 0 Å². The van der Waals surface area contributed by atoms with Gasteiger partial charge in [0.15, 0.2) is 10.3 Å². The van der Waals surface area contributed by atoms with Crippen molar-refractivity contribution >= 4 is 51.7 Å². The number of hydrogen-bond donors (Lipinski definition) is 4. The zero-order valence-electron chi connectivity index (χ0n) is 14.2. The highest BCUT2D eigenvalue weighted by Gasteiger charge is 2.08. The van der Waals surface area contributed by atoms with Crippen LogP contribution in [0.5, 0.6) is 5.75 Å². The van der Waals surface area contributed by atoms with Crippen molar-refractivity contribution in [2.24, 2.45) is 0 Å². The molecule has 0 atom stereocenters. The average molecular weight is 423 g/mol. The van der Waals surface area contributed by atoms with Crippen molar-refractivity contribution in [3.05, 3.63) is 48.5 Å². The van der Waals surface area contributed by atoms with Crippen molar-refractivity contribution < 1.29 is 18.3 Å². The molecule has 0 saturated carbocycles. The number of alkyl halides is 2. The zero-order valence-corrected chi connectivity index (χ0v) is 15.9. The van der Waals surface area contributed by atoms with Crippen LogP contribution in [0.1, 0.15) is 0 Å².